The predicted molar refractivity (Wildman–Crippen MR) is 83.3 cm³/mol. The summed E-state index contributed by atoms with van der Waals surface area (Å²) >= 11 is 0. The lowest BCUT2D eigenvalue weighted by Gasteiger charge is -2.28. The molecule has 0 heterocycles. The Morgan fingerprint density at radius 1 is 1.17 bits per heavy atom. The van der Waals surface area contributed by atoms with Crippen molar-refractivity contribution >= 4 is 17.5 Å². The van der Waals surface area contributed by atoms with Crippen LogP contribution in [0.4, 0.5) is 18.9 Å². The van der Waals surface area contributed by atoms with Crippen LogP contribution in [0.1, 0.15) is 31.2 Å². The van der Waals surface area contributed by atoms with Gasteiger partial charge in [-0.25, -0.2) is 0 Å². The van der Waals surface area contributed by atoms with Gasteiger partial charge in [0.05, 0.1) is 23.3 Å². The minimum Gasteiger partial charge on any atom is -0.358 e. The van der Waals surface area contributed by atoms with Crippen LogP contribution in [0.5, 0.6) is 0 Å². The number of carbonyl (C=O) groups is 2. The summed E-state index contributed by atoms with van der Waals surface area (Å²) in [6, 6.07) is 4.79. The van der Waals surface area contributed by atoms with E-state index in [9.17, 15) is 22.8 Å². The number of amides is 2. The van der Waals surface area contributed by atoms with Crippen molar-refractivity contribution in [1.82, 2.24) is 10.6 Å². The lowest BCUT2D eigenvalue weighted by atomic mass is 9.96. The SMILES string of the molecule is CNC(=O)C1(NCC(=O)Nc2ccccc2C(F)(F)F)CCCC1. The molecule has 2 rings (SSSR count). The quantitative estimate of drug-likeness (QED) is 0.768. The summed E-state index contributed by atoms with van der Waals surface area (Å²) in [6.07, 6.45) is -1.64. The van der Waals surface area contributed by atoms with Crippen LogP contribution >= 0.6 is 0 Å². The highest BCUT2D eigenvalue weighted by molar-refractivity contribution is 5.94. The van der Waals surface area contributed by atoms with Gasteiger partial charge in [-0.2, -0.15) is 13.2 Å². The zero-order valence-corrected chi connectivity index (χ0v) is 13.3. The summed E-state index contributed by atoms with van der Waals surface area (Å²) in [7, 11) is 1.52. The Kier molecular flexibility index (Phi) is 5.48. The molecule has 0 unspecified atom stereocenters. The topological polar surface area (TPSA) is 70.2 Å². The molecule has 0 radical (unpaired) electrons. The molecule has 1 aliphatic carbocycles. The smallest absolute Gasteiger partial charge is 0.358 e. The van der Waals surface area contributed by atoms with E-state index in [-0.39, 0.29) is 18.1 Å². The fraction of sp³-hybridized carbons (Fsp3) is 0.500. The fourth-order valence-electron chi connectivity index (χ4n) is 2.99. The summed E-state index contributed by atoms with van der Waals surface area (Å²) in [5, 5.41) is 7.75. The standard InChI is InChI=1S/C16H20F3N3O2/c1-20-14(24)15(8-4-5-9-15)21-10-13(23)22-12-7-3-2-6-11(12)16(17,18)19/h2-3,6-7,21H,4-5,8-10H2,1H3,(H,20,24)(H,22,23). The second kappa shape index (κ2) is 7.21. The molecule has 0 aliphatic heterocycles. The molecule has 24 heavy (non-hydrogen) atoms. The zero-order chi connectivity index (χ0) is 17.8. The number of alkyl halides is 3. The van der Waals surface area contributed by atoms with Crippen molar-refractivity contribution < 1.29 is 22.8 Å². The number of hydrogen-bond donors (Lipinski definition) is 3. The molecule has 132 valence electrons. The Bertz CT molecular complexity index is 611. The summed E-state index contributed by atoms with van der Waals surface area (Å²) in [4.78, 5) is 24.1. The summed E-state index contributed by atoms with van der Waals surface area (Å²) in [5.41, 5.74) is -2.02. The number of benzene rings is 1. The Labute approximate surface area is 138 Å². The number of carbonyl (C=O) groups excluding carboxylic acids is 2. The first-order chi connectivity index (χ1) is 11.3. The van der Waals surface area contributed by atoms with Crippen molar-refractivity contribution in [2.45, 2.75) is 37.4 Å². The molecule has 3 N–H and O–H groups in total. The van der Waals surface area contributed by atoms with Crippen LogP contribution in [0, 0.1) is 0 Å². The monoisotopic (exact) mass is 343 g/mol. The molecule has 0 bridgehead atoms. The van der Waals surface area contributed by atoms with Crippen molar-refractivity contribution in [3.8, 4) is 0 Å². The zero-order valence-electron chi connectivity index (χ0n) is 13.3. The normalized spacial score (nSPS) is 16.7. The van der Waals surface area contributed by atoms with Gasteiger partial charge in [0.25, 0.3) is 0 Å². The van der Waals surface area contributed by atoms with E-state index in [0.29, 0.717) is 12.8 Å². The van der Waals surface area contributed by atoms with Gasteiger partial charge in [-0.1, -0.05) is 25.0 Å². The maximum atomic E-state index is 12.9. The minimum absolute atomic E-state index is 0.205. The van der Waals surface area contributed by atoms with Gasteiger partial charge in [-0.05, 0) is 25.0 Å². The molecule has 1 aromatic rings. The Morgan fingerprint density at radius 2 is 1.79 bits per heavy atom. The van der Waals surface area contributed by atoms with Crippen LogP contribution in [-0.4, -0.2) is 30.9 Å². The molecule has 1 saturated carbocycles. The van der Waals surface area contributed by atoms with E-state index >= 15 is 0 Å². The van der Waals surface area contributed by atoms with E-state index in [0.717, 1.165) is 18.9 Å². The van der Waals surface area contributed by atoms with Gasteiger partial charge in [0.15, 0.2) is 0 Å². The van der Waals surface area contributed by atoms with Crippen LogP contribution < -0.4 is 16.0 Å². The third-order valence-electron chi connectivity index (χ3n) is 4.21. The van der Waals surface area contributed by atoms with Crippen molar-refractivity contribution in [1.29, 1.82) is 0 Å². The van der Waals surface area contributed by atoms with Gasteiger partial charge in [-0.3, -0.25) is 14.9 Å². The van der Waals surface area contributed by atoms with Crippen LogP contribution in [0.2, 0.25) is 0 Å². The first-order valence-electron chi connectivity index (χ1n) is 7.72. The number of para-hydroxylation sites is 1. The molecule has 8 heteroatoms. The molecule has 2 amide bonds. The maximum Gasteiger partial charge on any atom is 0.418 e. The van der Waals surface area contributed by atoms with Crippen molar-refractivity contribution in [3.63, 3.8) is 0 Å². The molecule has 1 aromatic carbocycles. The maximum absolute atomic E-state index is 12.9. The fourth-order valence-corrected chi connectivity index (χ4v) is 2.99. The lowest BCUT2D eigenvalue weighted by Crippen LogP contribution is -2.56. The van der Waals surface area contributed by atoms with Gasteiger partial charge < -0.3 is 10.6 Å². The number of halogens is 3. The summed E-state index contributed by atoms with van der Waals surface area (Å²) in [5.74, 6) is -0.828. The highest BCUT2D eigenvalue weighted by Crippen LogP contribution is 2.34. The molecular formula is C16H20F3N3O2. The van der Waals surface area contributed by atoms with E-state index in [1.54, 1.807) is 0 Å². The average molecular weight is 343 g/mol. The molecule has 0 atom stereocenters. The summed E-state index contributed by atoms with van der Waals surface area (Å²) < 4.78 is 38.8. The second-order valence-electron chi connectivity index (χ2n) is 5.81. The molecule has 0 spiro atoms. The van der Waals surface area contributed by atoms with Crippen LogP contribution in [0.3, 0.4) is 0 Å². The number of nitrogens with one attached hydrogen (secondary N) is 3. The third-order valence-corrected chi connectivity index (χ3v) is 4.21. The molecule has 1 aliphatic rings. The van der Waals surface area contributed by atoms with Gasteiger partial charge in [-0.15, -0.1) is 0 Å². The lowest BCUT2D eigenvalue weighted by molar-refractivity contribution is -0.137. The van der Waals surface area contributed by atoms with Gasteiger partial charge in [0.2, 0.25) is 11.8 Å². The van der Waals surface area contributed by atoms with Crippen molar-refractivity contribution in [2.24, 2.45) is 0 Å². The van der Waals surface area contributed by atoms with Gasteiger partial charge in [0.1, 0.15) is 0 Å². The third kappa shape index (κ3) is 4.05. The Balaban J connectivity index is 2.03. The average Bonchev–Trinajstić information content (AvgIpc) is 3.02. The number of rotatable bonds is 5. The number of anilines is 1. The highest BCUT2D eigenvalue weighted by Gasteiger charge is 2.40. The number of hydrogen-bond acceptors (Lipinski definition) is 3. The number of likely N-dealkylation sites (N-methyl/N-ethyl adjacent to an activating group) is 1. The molecular weight excluding hydrogens is 323 g/mol. The first-order valence-corrected chi connectivity index (χ1v) is 7.72. The van der Waals surface area contributed by atoms with E-state index in [1.165, 1.54) is 25.2 Å². The van der Waals surface area contributed by atoms with Crippen LogP contribution in [0.25, 0.3) is 0 Å². The largest absolute Gasteiger partial charge is 0.418 e. The van der Waals surface area contributed by atoms with Crippen molar-refractivity contribution in [2.75, 3.05) is 18.9 Å². The van der Waals surface area contributed by atoms with Crippen LogP contribution in [0.15, 0.2) is 24.3 Å². The highest BCUT2D eigenvalue weighted by atomic mass is 19.4. The molecule has 0 aromatic heterocycles. The summed E-state index contributed by atoms with van der Waals surface area (Å²) in [6.45, 7) is -0.236. The van der Waals surface area contributed by atoms with E-state index in [1.807, 2.05) is 0 Å². The molecule has 0 saturated heterocycles. The Hall–Kier alpha value is -2.09. The molecule has 5 nitrogen and oxygen atoms in total. The van der Waals surface area contributed by atoms with Gasteiger partial charge in [0, 0.05) is 7.05 Å². The van der Waals surface area contributed by atoms with E-state index in [2.05, 4.69) is 16.0 Å². The Morgan fingerprint density at radius 3 is 2.38 bits per heavy atom. The minimum atomic E-state index is -4.55. The second-order valence-corrected chi connectivity index (χ2v) is 5.81. The van der Waals surface area contributed by atoms with E-state index < -0.39 is 23.2 Å². The van der Waals surface area contributed by atoms with Crippen LogP contribution in [-0.2, 0) is 15.8 Å². The first kappa shape index (κ1) is 18.3. The van der Waals surface area contributed by atoms with E-state index in [4.69, 9.17) is 0 Å². The predicted octanol–water partition coefficient (Wildman–Crippen LogP) is 2.29. The van der Waals surface area contributed by atoms with Gasteiger partial charge >= 0.3 is 6.18 Å². The molecule has 1 fully saturated rings. The van der Waals surface area contributed by atoms with Crippen molar-refractivity contribution in [3.05, 3.63) is 29.8 Å².